The minimum absolute atomic E-state index is 0. The van der Waals surface area contributed by atoms with Gasteiger partial charge in [0, 0.05) is 0 Å². The van der Waals surface area contributed by atoms with Gasteiger partial charge in [0.05, 0.1) is 0 Å². The molecule has 0 aromatic carbocycles. The second-order valence-corrected chi connectivity index (χ2v) is 252. The van der Waals surface area contributed by atoms with Gasteiger partial charge in [0.1, 0.15) is 0 Å². The third kappa shape index (κ3) is 66.5. The fourth-order valence-electron chi connectivity index (χ4n) is 0. The molecule has 0 unspecified atom stereocenters. The van der Waals surface area contributed by atoms with Crippen LogP contribution >= 0.6 is 90.2 Å². The molecule has 0 heterocycles. The van der Waals surface area contributed by atoms with Gasteiger partial charge in [-0.1, -0.05) is 0 Å². The summed E-state index contributed by atoms with van der Waals surface area (Å²) in [5.74, 6) is 0. The Morgan fingerprint density at radius 3 is 0.500 bits per heavy atom. The van der Waals surface area contributed by atoms with Gasteiger partial charge < -0.3 is 48.0 Å². The van der Waals surface area contributed by atoms with Gasteiger partial charge in [-0.25, -0.2) is 0 Å². The summed E-state index contributed by atoms with van der Waals surface area (Å²) >= 11 is 12.9. The third-order valence-corrected chi connectivity index (χ3v) is 0. The largest absolute Gasteiger partial charge is 1.00 e. The van der Waals surface area contributed by atoms with E-state index in [1.807, 2.05) is 0 Å². The van der Waals surface area contributed by atoms with Crippen molar-refractivity contribution >= 4 is 88.1 Å². The summed E-state index contributed by atoms with van der Waals surface area (Å²) in [5.41, 5.74) is 0. The normalized spacial score (nSPS) is 9.58. The SMILES string of the molecule is [I-].[I-].[I][Bi-2]([I])([I])([I])[I].[K+].[K+].[K+].[K+]. The van der Waals surface area contributed by atoms with Crippen LogP contribution in [0.15, 0.2) is 0 Å². The molecule has 58 valence electrons. The molecular weight excluding hydrogens is 1250 g/mol. The molecule has 0 aromatic heterocycles. The number of halogens is 7. The van der Waals surface area contributed by atoms with E-state index in [1.54, 1.807) is 0 Å². The van der Waals surface area contributed by atoms with Crippen molar-refractivity contribution in [1.82, 2.24) is 0 Å². The zero-order chi connectivity index (χ0) is 5.45. The smallest absolute Gasteiger partial charge is 1.00 e. The van der Waals surface area contributed by atoms with Crippen LogP contribution in [0.25, 0.3) is 0 Å². The summed E-state index contributed by atoms with van der Waals surface area (Å²) in [6, 6.07) is 0. The van der Waals surface area contributed by atoms with E-state index in [0.29, 0.717) is 0 Å². The number of hydrogen-bond acceptors (Lipinski definition) is 0. The molecule has 0 aliphatic heterocycles. The summed E-state index contributed by atoms with van der Waals surface area (Å²) in [7, 11) is 0. The first-order valence-electron chi connectivity index (χ1n) is 0.845. The molecule has 0 saturated carbocycles. The molecule has 12 heavy (non-hydrogen) atoms. The minimum Gasteiger partial charge on any atom is 1.00 e. The van der Waals surface area contributed by atoms with Gasteiger partial charge in [0.25, 0.3) is 0 Å². The van der Waals surface area contributed by atoms with Gasteiger partial charge in [-0.05, 0) is 0 Å². The van der Waals surface area contributed by atoms with Gasteiger partial charge >= 0.3 is 294 Å². The van der Waals surface area contributed by atoms with Crippen molar-refractivity contribution in [3.8, 4) is 0 Å². The first kappa shape index (κ1) is 44.2. The number of rotatable bonds is 0. The molecule has 0 rings (SSSR count). The Morgan fingerprint density at radius 2 is 0.500 bits per heavy atom. The average Bonchev–Trinajstić information content (AvgIpc) is 0.650. The van der Waals surface area contributed by atoms with Gasteiger partial charge in [0.2, 0.25) is 0 Å². The van der Waals surface area contributed by atoms with Gasteiger partial charge in [-0.3, -0.25) is 0 Å². The molecule has 0 radical (unpaired) electrons. The van der Waals surface area contributed by atoms with Crippen LogP contribution in [-0.4, -0.2) is -2.17 Å². The van der Waals surface area contributed by atoms with E-state index < -0.39 is -2.17 Å². The summed E-state index contributed by atoms with van der Waals surface area (Å²) < 4.78 is -1.95. The zero-order valence-corrected chi connectivity index (χ0v) is 38.2. The Bertz CT molecular complexity index is 48.6. The van der Waals surface area contributed by atoms with Crippen molar-refractivity contribution in [2.24, 2.45) is 0 Å². The monoisotopic (exact) mass is 1250 g/mol. The van der Waals surface area contributed by atoms with E-state index in [0.717, 1.165) is 0 Å². The molecule has 0 aliphatic carbocycles. The molecular formula is BiI7K4. The van der Waals surface area contributed by atoms with Crippen LogP contribution in [0.2, 0.25) is 0 Å². The second-order valence-electron chi connectivity index (χ2n) is 0.639. The molecule has 0 spiro atoms. The first-order valence-corrected chi connectivity index (χ1v) is 49.7. The van der Waals surface area contributed by atoms with Gasteiger partial charge in [0.15, 0.2) is 0 Å². The van der Waals surface area contributed by atoms with E-state index in [4.69, 9.17) is 0 Å². The van der Waals surface area contributed by atoms with Crippen molar-refractivity contribution in [2.45, 2.75) is 0 Å². The maximum absolute atomic E-state index is 2.57. The number of hydrogen-bond donors (Lipinski definition) is 0. The Morgan fingerprint density at radius 1 is 0.500 bits per heavy atom. The molecule has 0 aliphatic rings. The summed E-state index contributed by atoms with van der Waals surface area (Å²) in [6.07, 6.45) is 0. The quantitative estimate of drug-likeness (QED) is 0.168. The molecule has 0 bridgehead atoms. The Balaban J connectivity index is -0.00000000833. The maximum Gasteiger partial charge on any atom is 1.00 e. The molecule has 0 saturated heterocycles. The van der Waals surface area contributed by atoms with Crippen LogP contribution in [0, 0.1) is 0 Å². The van der Waals surface area contributed by atoms with Crippen molar-refractivity contribution < 1.29 is 253 Å². The molecule has 0 N–H and O–H groups in total. The van der Waals surface area contributed by atoms with E-state index in [2.05, 4.69) is 90.2 Å². The Labute approximate surface area is 326 Å². The maximum atomic E-state index is 2.57. The molecule has 0 fully saturated rings. The van der Waals surface area contributed by atoms with Crippen molar-refractivity contribution in [1.29, 1.82) is 0 Å². The molecule has 0 amide bonds. The van der Waals surface area contributed by atoms with Crippen molar-refractivity contribution in [2.75, 3.05) is 0 Å². The first-order chi connectivity index (χ1) is 2.24. The molecule has 0 aromatic rings. The topological polar surface area (TPSA) is 0 Å². The van der Waals surface area contributed by atoms with Crippen LogP contribution in [0.4, 0.5) is 0 Å². The van der Waals surface area contributed by atoms with E-state index >= 15 is 0 Å². The van der Waals surface area contributed by atoms with Crippen LogP contribution in [0.3, 0.4) is 0 Å². The summed E-state index contributed by atoms with van der Waals surface area (Å²) in [4.78, 5) is 0. The van der Waals surface area contributed by atoms with E-state index in [1.165, 1.54) is 0 Å². The minimum atomic E-state index is -1.95. The van der Waals surface area contributed by atoms with Crippen molar-refractivity contribution in [3.05, 3.63) is 0 Å². The molecule has 0 nitrogen and oxygen atoms in total. The fourth-order valence-corrected chi connectivity index (χ4v) is 0. The fraction of sp³-hybridized carbons (Fsp3) is 0. The van der Waals surface area contributed by atoms with Crippen LogP contribution in [0.5, 0.6) is 0 Å². The van der Waals surface area contributed by atoms with Gasteiger partial charge in [-0.2, -0.15) is 0 Å². The predicted octanol–water partition coefficient (Wildman–Crippen LogP) is -13.9. The van der Waals surface area contributed by atoms with Crippen LogP contribution in [-0.2, 0) is 0 Å². The van der Waals surface area contributed by atoms with Crippen LogP contribution in [0.1, 0.15) is 0 Å². The second kappa shape index (κ2) is 23.5. The van der Waals surface area contributed by atoms with Gasteiger partial charge in [-0.15, -0.1) is 0 Å². The Hall–Kier alpha value is 12.5. The van der Waals surface area contributed by atoms with Crippen molar-refractivity contribution in [3.63, 3.8) is 0 Å². The summed E-state index contributed by atoms with van der Waals surface area (Å²) in [5, 5.41) is 0. The predicted molar refractivity (Wildman–Crippen MR) is 75.9 cm³/mol. The zero-order valence-electron chi connectivity index (χ0n) is 7.09. The third-order valence-electron chi connectivity index (χ3n) is 0. The molecule has 12 heteroatoms. The Kier molecular flexibility index (Phi) is 86.7. The van der Waals surface area contributed by atoms with Crippen LogP contribution < -0.4 is 253 Å². The standard InChI is InChI=1S/Bi.7HI.4K/h;7*1H;;;;/q+3;;;;;;;;4*+1/p-7. The van der Waals surface area contributed by atoms with E-state index in [-0.39, 0.29) is 253 Å². The van der Waals surface area contributed by atoms with E-state index in [9.17, 15) is 0 Å². The molecule has 0 atom stereocenters. The average molecular weight is 1250 g/mol. The summed E-state index contributed by atoms with van der Waals surface area (Å²) in [6.45, 7) is 0.